The Bertz CT molecular complexity index is 2410. The van der Waals surface area contributed by atoms with Crippen molar-refractivity contribution in [3.8, 4) is 0 Å². The Balaban J connectivity index is 1.02. The molecular formula is C43H33NOS. The third kappa shape index (κ3) is 4.46. The van der Waals surface area contributed by atoms with Gasteiger partial charge in [-0.15, -0.1) is 11.3 Å². The van der Waals surface area contributed by atoms with E-state index in [4.69, 9.17) is 4.42 Å². The summed E-state index contributed by atoms with van der Waals surface area (Å²) in [7, 11) is 0. The Hall–Kier alpha value is -5.12. The molecule has 0 saturated carbocycles. The molecule has 2 aliphatic rings. The minimum absolute atomic E-state index is 0.281. The van der Waals surface area contributed by atoms with Crippen molar-refractivity contribution in [3.05, 3.63) is 162 Å². The first-order valence-corrected chi connectivity index (χ1v) is 17.0. The number of rotatable bonds is 5. The molecule has 2 heterocycles. The number of nitrogens with one attached hydrogen (secondary N) is 1. The molecule has 46 heavy (non-hydrogen) atoms. The number of para-hydroxylation sites is 2. The smallest absolute Gasteiger partial charge is 0.137 e. The van der Waals surface area contributed by atoms with E-state index >= 15 is 0 Å². The second-order valence-electron chi connectivity index (χ2n) is 12.5. The lowest BCUT2D eigenvalue weighted by atomic mass is 9.72. The highest BCUT2D eigenvalue weighted by molar-refractivity contribution is 7.25. The van der Waals surface area contributed by atoms with Gasteiger partial charge in [-0.3, -0.25) is 0 Å². The van der Waals surface area contributed by atoms with Gasteiger partial charge in [-0.25, -0.2) is 0 Å². The van der Waals surface area contributed by atoms with Crippen molar-refractivity contribution in [1.29, 1.82) is 0 Å². The number of thiophene rings is 1. The largest absolute Gasteiger partial charge is 0.456 e. The Morgan fingerprint density at radius 1 is 0.652 bits per heavy atom. The number of hydrogen-bond acceptors (Lipinski definition) is 3. The quantitative estimate of drug-likeness (QED) is 0.209. The second kappa shape index (κ2) is 11.0. The lowest BCUT2D eigenvalue weighted by Crippen LogP contribution is -2.19. The summed E-state index contributed by atoms with van der Waals surface area (Å²) in [6.07, 6.45) is 15.0. The predicted molar refractivity (Wildman–Crippen MR) is 197 cm³/mol. The van der Waals surface area contributed by atoms with Gasteiger partial charge < -0.3 is 9.73 Å². The third-order valence-electron chi connectivity index (χ3n) is 9.91. The van der Waals surface area contributed by atoms with Gasteiger partial charge >= 0.3 is 0 Å². The van der Waals surface area contributed by atoms with E-state index in [9.17, 15) is 0 Å². The SMILES string of the molecule is CC1C(c2cccc3sc4ccccc4c23)=CC=CC1C1=CC=CC(c2ccccc2Nc2cccc3oc4ccccc4c23)C1. The third-order valence-corrected chi connectivity index (χ3v) is 11.0. The molecule has 0 fully saturated rings. The number of hydrogen-bond donors (Lipinski definition) is 1. The average Bonchev–Trinajstić information content (AvgIpc) is 3.68. The van der Waals surface area contributed by atoms with Crippen LogP contribution in [0.1, 0.15) is 30.4 Å². The fourth-order valence-electron chi connectivity index (χ4n) is 7.71. The fourth-order valence-corrected chi connectivity index (χ4v) is 8.84. The molecule has 0 saturated heterocycles. The monoisotopic (exact) mass is 611 g/mol. The first-order valence-electron chi connectivity index (χ1n) is 16.2. The van der Waals surface area contributed by atoms with Crippen molar-refractivity contribution in [3.63, 3.8) is 0 Å². The van der Waals surface area contributed by atoms with Crippen molar-refractivity contribution in [2.75, 3.05) is 5.32 Å². The van der Waals surface area contributed by atoms with Gasteiger partial charge in [0.1, 0.15) is 11.2 Å². The summed E-state index contributed by atoms with van der Waals surface area (Å²) in [5.41, 5.74) is 9.62. The standard InChI is InChI=1S/C43H33NOS/c1-27-30(17-9-18-31(27)33-19-10-25-41-42(33)35-16-4-7-24-40(35)46-41)28-12-8-13-29(26-28)32-14-2-5-20-36(32)44-37-21-11-23-39-43(37)34-15-3-6-22-38(34)45-39/h2-25,27,29-30,44H,26H2,1H3. The molecule has 9 rings (SSSR count). The van der Waals surface area contributed by atoms with E-state index in [2.05, 4.69) is 146 Å². The first-order chi connectivity index (χ1) is 22.7. The van der Waals surface area contributed by atoms with Crippen molar-refractivity contribution < 1.29 is 4.42 Å². The fraction of sp³-hybridized carbons (Fsp3) is 0.116. The van der Waals surface area contributed by atoms with Gasteiger partial charge in [0.15, 0.2) is 0 Å². The molecule has 3 heteroatoms. The Labute approximate surface area is 272 Å². The Morgan fingerprint density at radius 2 is 1.39 bits per heavy atom. The molecule has 3 atom stereocenters. The van der Waals surface area contributed by atoms with Crippen LogP contribution in [-0.4, -0.2) is 0 Å². The molecule has 0 amide bonds. The molecule has 2 aliphatic carbocycles. The molecule has 2 nitrogen and oxygen atoms in total. The minimum atomic E-state index is 0.281. The molecule has 222 valence electrons. The van der Waals surface area contributed by atoms with Crippen LogP contribution in [0.5, 0.6) is 0 Å². The number of fused-ring (bicyclic) bond motifs is 6. The maximum absolute atomic E-state index is 6.18. The molecule has 0 aliphatic heterocycles. The summed E-state index contributed by atoms with van der Waals surface area (Å²) in [6, 6.07) is 39.0. The van der Waals surface area contributed by atoms with Crippen molar-refractivity contribution >= 4 is 70.4 Å². The highest BCUT2D eigenvalue weighted by Crippen LogP contribution is 2.46. The van der Waals surface area contributed by atoms with Gasteiger partial charge in [-0.1, -0.05) is 122 Å². The summed E-state index contributed by atoms with van der Waals surface area (Å²) in [4.78, 5) is 0. The van der Waals surface area contributed by atoms with Gasteiger partial charge in [-0.05, 0) is 65.4 Å². The normalized spacial score (nSPS) is 19.6. The summed E-state index contributed by atoms with van der Waals surface area (Å²) < 4.78 is 8.90. The van der Waals surface area contributed by atoms with E-state index in [1.807, 2.05) is 23.5 Å². The zero-order valence-electron chi connectivity index (χ0n) is 25.6. The van der Waals surface area contributed by atoms with E-state index < -0.39 is 0 Å². The van der Waals surface area contributed by atoms with E-state index in [0.29, 0.717) is 11.8 Å². The molecule has 5 aromatic carbocycles. The number of allylic oxidation sites excluding steroid dienone is 8. The molecular weight excluding hydrogens is 579 g/mol. The number of benzene rings is 5. The molecule has 1 N–H and O–H groups in total. The van der Waals surface area contributed by atoms with Crippen LogP contribution in [0, 0.1) is 11.8 Å². The summed E-state index contributed by atoms with van der Waals surface area (Å²) >= 11 is 1.89. The van der Waals surface area contributed by atoms with Crippen LogP contribution in [0.15, 0.2) is 156 Å². The Kier molecular flexibility index (Phi) is 6.53. The maximum atomic E-state index is 6.18. The molecule has 0 bridgehead atoms. The Morgan fingerprint density at radius 3 is 2.35 bits per heavy atom. The summed E-state index contributed by atoms with van der Waals surface area (Å²) in [5, 5.41) is 8.83. The number of furan rings is 1. The molecule has 0 spiro atoms. The zero-order chi connectivity index (χ0) is 30.6. The van der Waals surface area contributed by atoms with E-state index in [0.717, 1.165) is 39.7 Å². The molecule has 7 aromatic rings. The van der Waals surface area contributed by atoms with E-state index in [-0.39, 0.29) is 5.92 Å². The van der Waals surface area contributed by atoms with Crippen LogP contribution in [0.25, 0.3) is 47.7 Å². The minimum Gasteiger partial charge on any atom is -0.456 e. The lowest BCUT2D eigenvalue weighted by Gasteiger charge is -2.32. The van der Waals surface area contributed by atoms with Gasteiger partial charge in [0, 0.05) is 43.1 Å². The lowest BCUT2D eigenvalue weighted by molar-refractivity contribution is 0.560. The molecule has 2 aromatic heterocycles. The second-order valence-corrected chi connectivity index (χ2v) is 13.6. The van der Waals surface area contributed by atoms with Crippen molar-refractivity contribution in [2.45, 2.75) is 19.3 Å². The van der Waals surface area contributed by atoms with Crippen LogP contribution < -0.4 is 5.32 Å². The van der Waals surface area contributed by atoms with Gasteiger partial charge in [0.25, 0.3) is 0 Å². The number of anilines is 2. The van der Waals surface area contributed by atoms with Crippen LogP contribution in [0.2, 0.25) is 0 Å². The van der Waals surface area contributed by atoms with Crippen molar-refractivity contribution in [1.82, 2.24) is 0 Å². The van der Waals surface area contributed by atoms with E-state index in [1.54, 1.807) is 0 Å². The highest BCUT2D eigenvalue weighted by Gasteiger charge is 2.29. The van der Waals surface area contributed by atoms with Crippen molar-refractivity contribution in [2.24, 2.45) is 11.8 Å². The van der Waals surface area contributed by atoms with E-state index in [1.165, 1.54) is 42.4 Å². The van der Waals surface area contributed by atoms with Gasteiger partial charge in [-0.2, -0.15) is 0 Å². The summed E-state index contributed by atoms with van der Waals surface area (Å²) in [6.45, 7) is 2.41. The molecule has 3 unspecified atom stereocenters. The topological polar surface area (TPSA) is 25.2 Å². The molecule has 0 radical (unpaired) electrons. The van der Waals surface area contributed by atoms with Crippen LogP contribution in [0.3, 0.4) is 0 Å². The van der Waals surface area contributed by atoms with Crippen LogP contribution >= 0.6 is 11.3 Å². The van der Waals surface area contributed by atoms with Crippen LogP contribution in [0.4, 0.5) is 11.4 Å². The zero-order valence-corrected chi connectivity index (χ0v) is 26.4. The van der Waals surface area contributed by atoms with Gasteiger partial charge in [0.2, 0.25) is 0 Å². The van der Waals surface area contributed by atoms with Gasteiger partial charge in [0.05, 0.1) is 11.1 Å². The predicted octanol–water partition coefficient (Wildman–Crippen LogP) is 12.6. The van der Waals surface area contributed by atoms with Crippen LogP contribution in [-0.2, 0) is 0 Å². The average molecular weight is 612 g/mol. The summed E-state index contributed by atoms with van der Waals surface area (Å²) in [5.74, 6) is 0.995. The highest BCUT2D eigenvalue weighted by atomic mass is 32.1. The first kappa shape index (κ1) is 27.2. The maximum Gasteiger partial charge on any atom is 0.137 e.